The van der Waals surface area contributed by atoms with E-state index in [1.165, 1.54) is 6.33 Å². The van der Waals surface area contributed by atoms with E-state index in [4.69, 9.17) is 30.5 Å². The topological polar surface area (TPSA) is 236 Å². The van der Waals surface area contributed by atoms with Crippen molar-refractivity contribution in [3.05, 3.63) is 24.3 Å². The molecule has 19 heteroatoms. The third kappa shape index (κ3) is 8.42. The lowest BCUT2D eigenvalue weighted by atomic mass is 9.99. The molecule has 8 atom stereocenters. The number of carbonyl (C=O) groups is 2. The molecule has 2 aliphatic rings. The Balaban J connectivity index is 0.000000298. The van der Waals surface area contributed by atoms with Crippen LogP contribution >= 0.6 is 0 Å². The third-order valence-electron chi connectivity index (χ3n) is 7.84. The van der Waals surface area contributed by atoms with Gasteiger partial charge >= 0.3 is 0 Å². The average molecular weight is 663 g/mol. The predicted molar refractivity (Wildman–Crippen MR) is 160 cm³/mol. The summed E-state index contributed by atoms with van der Waals surface area (Å²) in [7, 11) is -1.98. The minimum absolute atomic E-state index is 0.00252. The Morgan fingerprint density at radius 2 is 1.44 bits per heavy atom. The minimum atomic E-state index is -1.98. The Hall–Kier alpha value is -2.36. The fourth-order valence-electron chi connectivity index (χ4n) is 4.33. The fraction of sp³-hybridized carbons (Fsp3) is 0.750. The number of ether oxygens (including phenoxy) is 2. The second kappa shape index (κ2) is 15.1. The van der Waals surface area contributed by atoms with Gasteiger partial charge in [-0.15, -0.1) is 10.2 Å². The van der Waals surface area contributed by atoms with E-state index in [2.05, 4.69) is 90.3 Å². The second-order valence-corrected chi connectivity index (χ2v) is 16.5. The Labute approximate surface area is 260 Å². The zero-order chi connectivity index (χ0) is 32.9. The van der Waals surface area contributed by atoms with Gasteiger partial charge in [-0.3, -0.25) is 9.59 Å². The predicted octanol–water partition coefficient (Wildman–Crippen LogP) is -0.305. The summed E-state index contributed by atoms with van der Waals surface area (Å²) in [6, 6.07) is 0. The largest absolute Gasteiger partial charge is 0.409 e. The van der Waals surface area contributed by atoms with Gasteiger partial charge in [-0.05, 0) is 24.6 Å². The lowest BCUT2D eigenvalue weighted by molar-refractivity contribution is -0.0588. The van der Waals surface area contributed by atoms with E-state index in [0.717, 1.165) is 17.4 Å². The summed E-state index contributed by atoms with van der Waals surface area (Å²) in [6.45, 7) is 14.9. The highest BCUT2D eigenvalue weighted by molar-refractivity contribution is 8.07. The summed E-state index contributed by atoms with van der Waals surface area (Å²) in [4.78, 5) is 29.6. The lowest BCUT2D eigenvalue weighted by Crippen LogP contribution is -2.46. The van der Waals surface area contributed by atoms with Crippen LogP contribution in [0.4, 0.5) is 0 Å². The molecule has 0 aliphatic carbocycles. The number of amides is 2. The van der Waals surface area contributed by atoms with Crippen LogP contribution in [-0.4, -0.2) is 102 Å². The van der Waals surface area contributed by atoms with Crippen molar-refractivity contribution in [2.24, 2.45) is 17.4 Å². The number of primary amides is 2. The fourth-order valence-corrected chi connectivity index (χ4v) is 5.70. The van der Waals surface area contributed by atoms with Crippen molar-refractivity contribution < 1.29 is 38.8 Å². The average Bonchev–Trinajstić information content (AvgIpc) is 3.73. The number of hydrogen-bond acceptors (Lipinski definition) is 14. The maximum atomic E-state index is 11.3. The molecule has 4 heterocycles. The van der Waals surface area contributed by atoms with Crippen molar-refractivity contribution in [2.45, 2.75) is 102 Å². The van der Waals surface area contributed by atoms with Gasteiger partial charge in [0, 0.05) is 28.3 Å². The summed E-state index contributed by atoms with van der Waals surface area (Å²) in [5.41, 5.74) is 10.2. The Morgan fingerprint density at radius 1 is 0.977 bits per heavy atom. The molecule has 0 aromatic carbocycles. The van der Waals surface area contributed by atoms with E-state index in [-0.39, 0.29) is 41.0 Å². The van der Waals surface area contributed by atoms with Crippen molar-refractivity contribution in [3.8, 4) is 0 Å². The molecule has 43 heavy (non-hydrogen) atoms. The molecule has 0 bridgehead atoms. The monoisotopic (exact) mass is 662 g/mol. The van der Waals surface area contributed by atoms with Gasteiger partial charge < -0.3 is 40.7 Å². The summed E-state index contributed by atoms with van der Waals surface area (Å²) in [5, 5.41) is 36.1. The first-order valence-corrected chi connectivity index (χ1v) is 17.8. The molecule has 0 spiro atoms. The highest BCUT2D eigenvalue weighted by Crippen LogP contribution is 2.44. The molecule has 242 valence electrons. The van der Waals surface area contributed by atoms with Crippen molar-refractivity contribution in [1.82, 2.24) is 29.5 Å². The standard InChI is InChI=1S/C16H30N4O3Si.C8H12N4O5.S2/c1-8-11-10(2)12(23-24(6,7)16(3,4)5)15(22-11)20-9-18-14(19-20)13(17)21;9-6(16)7-10-2-12(11-7)8-5(15)4(14)3(1-13)17-8;1-2/h9-12,15H,8H2,1-7H3,(H2,17,21);2-5,8,13-15H,1H2,(H2,9,16);. The molecule has 8 unspecified atom stereocenters. The summed E-state index contributed by atoms with van der Waals surface area (Å²) in [5.74, 6) is -1.44. The number of carbonyl (C=O) groups excluding carboxylic acids is 2. The van der Waals surface area contributed by atoms with Crippen molar-refractivity contribution in [3.63, 3.8) is 0 Å². The maximum absolute atomic E-state index is 11.3. The van der Waals surface area contributed by atoms with Gasteiger partial charge in [-0.2, -0.15) is 0 Å². The molecule has 2 aliphatic heterocycles. The first kappa shape index (κ1) is 36.8. The van der Waals surface area contributed by atoms with Crippen LogP contribution in [0.5, 0.6) is 0 Å². The van der Waals surface area contributed by atoms with E-state index in [0.29, 0.717) is 0 Å². The zero-order valence-electron chi connectivity index (χ0n) is 25.2. The molecular formula is C24H42N8O8S2Si. The van der Waals surface area contributed by atoms with Crippen LogP contribution in [0.15, 0.2) is 12.7 Å². The highest BCUT2D eigenvalue weighted by Gasteiger charge is 2.49. The van der Waals surface area contributed by atoms with Crippen LogP contribution in [0.2, 0.25) is 18.1 Å². The van der Waals surface area contributed by atoms with Gasteiger partial charge in [0.25, 0.3) is 11.8 Å². The Morgan fingerprint density at radius 3 is 1.81 bits per heavy atom. The van der Waals surface area contributed by atoms with Crippen LogP contribution in [0, 0.1) is 5.92 Å². The van der Waals surface area contributed by atoms with Gasteiger partial charge in [0.1, 0.15) is 31.0 Å². The molecule has 16 nitrogen and oxygen atoms in total. The van der Waals surface area contributed by atoms with E-state index in [1.54, 1.807) is 4.68 Å². The Bertz CT molecular complexity index is 1230. The summed E-state index contributed by atoms with van der Waals surface area (Å²) in [6.07, 6.45) is -1.30. The highest BCUT2D eigenvalue weighted by atomic mass is 32.8. The lowest BCUT2D eigenvalue weighted by Gasteiger charge is -2.40. The van der Waals surface area contributed by atoms with E-state index in [1.807, 2.05) is 0 Å². The normalized spacial score (nSPS) is 28.9. The molecule has 2 saturated heterocycles. The number of aliphatic hydroxyl groups excluding tert-OH is 3. The zero-order valence-corrected chi connectivity index (χ0v) is 27.9. The second-order valence-electron chi connectivity index (χ2n) is 11.7. The van der Waals surface area contributed by atoms with E-state index >= 15 is 0 Å². The molecule has 4 rings (SSSR count). The maximum Gasteiger partial charge on any atom is 0.288 e. The summed E-state index contributed by atoms with van der Waals surface area (Å²) >= 11 is 7.33. The third-order valence-corrected chi connectivity index (χ3v) is 12.3. The van der Waals surface area contributed by atoms with E-state index in [9.17, 15) is 19.8 Å². The number of aliphatic hydroxyl groups is 3. The van der Waals surface area contributed by atoms with Crippen LogP contribution in [0.3, 0.4) is 0 Å². The smallest absolute Gasteiger partial charge is 0.288 e. The van der Waals surface area contributed by atoms with Gasteiger partial charge in [0.15, 0.2) is 20.8 Å². The molecule has 2 fully saturated rings. The number of nitrogens with two attached hydrogens (primary N) is 2. The molecule has 2 amide bonds. The van der Waals surface area contributed by atoms with Gasteiger partial charge in [-0.1, -0.05) is 34.6 Å². The van der Waals surface area contributed by atoms with Crippen LogP contribution in [0.25, 0.3) is 0 Å². The van der Waals surface area contributed by atoms with Crippen molar-refractivity contribution >= 4 is 42.5 Å². The molecule has 2 aromatic rings. The van der Waals surface area contributed by atoms with Gasteiger partial charge in [0.2, 0.25) is 11.6 Å². The van der Waals surface area contributed by atoms with E-state index < -0.39 is 51.3 Å². The first-order valence-electron chi connectivity index (χ1n) is 13.6. The number of nitrogens with zero attached hydrogens (tertiary/aromatic N) is 6. The van der Waals surface area contributed by atoms with Gasteiger partial charge in [0.05, 0.1) is 18.8 Å². The molecule has 7 N–H and O–H groups in total. The quantitative estimate of drug-likeness (QED) is 0.228. The van der Waals surface area contributed by atoms with Crippen LogP contribution in [0.1, 0.15) is 74.7 Å². The van der Waals surface area contributed by atoms with Crippen LogP contribution in [-0.2, 0) is 36.3 Å². The number of aromatic nitrogens is 6. The minimum Gasteiger partial charge on any atom is -0.409 e. The molecule has 0 radical (unpaired) electrons. The Kier molecular flexibility index (Phi) is 12.9. The molecule has 2 aromatic heterocycles. The molecule has 0 saturated carbocycles. The molecular weight excluding hydrogens is 621 g/mol. The first-order chi connectivity index (χ1) is 20.0. The van der Waals surface area contributed by atoms with Crippen LogP contribution < -0.4 is 11.5 Å². The SMILES string of the molecule is CCC1OC(n2cnc(C(N)=O)n2)C(O[Si](C)(C)C(C)(C)C)C1C.NC(=O)c1ncn(C2OC(CO)C(O)C2O)n1.S=S. The van der Waals surface area contributed by atoms with Gasteiger partial charge in [-0.25, -0.2) is 19.3 Å². The number of hydrogen-bond donors (Lipinski definition) is 5. The summed E-state index contributed by atoms with van der Waals surface area (Å²) < 4.78 is 20.7. The van der Waals surface area contributed by atoms with Crippen molar-refractivity contribution in [2.75, 3.05) is 6.61 Å². The number of rotatable bonds is 8. The van der Waals surface area contributed by atoms with Crippen molar-refractivity contribution in [1.29, 1.82) is 0 Å².